The van der Waals surface area contributed by atoms with Crippen molar-refractivity contribution in [3.05, 3.63) is 30.1 Å². The van der Waals surface area contributed by atoms with E-state index in [-0.39, 0.29) is 17.5 Å². The topological polar surface area (TPSA) is 38.8 Å². The number of para-hydroxylation sites is 1. The quantitative estimate of drug-likeness (QED) is 0.727. The van der Waals surface area contributed by atoms with E-state index in [1.54, 1.807) is 30.1 Å². The summed E-state index contributed by atoms with van der Waals surface area (Å²) in [7, 11) is 1.80. The van der Waals surface area contributed by atoms with Crippen LogP contribution in [-0.2, 0) is 9.53 Å². The van der Waals surface area contributed by atoms with E-state index in [9.17, 15) is 9.18 Å². The monoisotopic (exact) mass is 309 g/mol. The predicted octanol–water partition coefficient (Wildman–Crippen LogP) is 2.87. The van der Waals surface area contributed by atoms with Crippen molar-refractivity contribution in [1.82, 2.24) is 4.90 Å². The first-order valence-electron chi connectivity index (χ1n) is 7.86. The van der Waals surface area contributed by atoms with E-state index < -0.39 is 0 Å². The number of hydrogen-bond acceptors (Lipinski definition) is 3. The van der Waals surface area contributed by atoms with Crippen LogP contribution in [0.4, 0.5) is 4.39 Å². The molecule has 1 saturated heterocycles. The van der Waals surface area contributed by atoms with Crippen LogP contribution in [0.15, 0.2) is 24.3 Å². The molecule has 1 aromatic rings. The van der Waals surface area contributed by atoms with Gasteiger partial charge in [0.15, 0.2) is 11.6 Å². The van der Waals surface area contributed by atoms with Crippen LogP contribution in [0.5, 0.6) is 5.75 Å². The molecule has 0 spiro atoms. The molecular formula is C17H24FNO3. The number of benzene rings is 1. The Balaban J connectivity index is 1.63. The van der Waals surface area contributed by atoms with Crippen LogP contribution in [0.3, 0.4) is 0 Å². The summed E-state index contributed by atoms with van der Waals surface area (Å²) in [6.07, 6.45) is 3.33. The van der Waals surface area contributed by atoms with Crippen molar-refractivity contribution in [3.8, 4) is 5.75 Å². The number of rotatable bonds is 7. The first-order chi connectivity index (χ1) is 10.7. The van der Waals surface area contributed by atoms with Gasteiger partial charge in [-0.05, 0) is 37.3 Å². The zero-order valence-electron chi connectivity index (χ0n) is 13.1. The number of ether oxygens (including phenoxy) is 2. The van der Waals surface area contributed by atoms with Crippen molar-refractivity contribution in [2.45, 2.75) is 25.7 Å². The molecule has 1 aromatic carbocycles. The molecule has 122 valence electrons. The third kappa shape index (κ3) is 5.30. The van der Waals surface area contributed by atoms with E-state index in [0.29, 0.717) is 38.5 Å². The van der Waals surface area contributed by atoms with Gasteiger partial charge in [0.25, 0.3) is 0 Å². The largest absolute Gasteiger partial charge is 0.490 e. The Labute approximate surface area is 131 Å². The zero-order valence-corrected chi connectivity index (χ0v) is 13.1. The summed E-state index contributed by atoms with van der Waals surface area (Å²) in [4.78, 5) is 13.8. The first kappa shape index (κ1) is 16.7. The molecule has 1 fully saturated rings. The Kier molecular flexibility index (Phi) is 6.65. The average molecular weight is 309 g/mol. The molecule has 2 rings (SSSR count). The van der Waals surface area contributed by atoms with Gasteiger partial charge in [0.05, 0.1) is 6.61 Å². The van der Waals surface area contributed by atoms with Gasteiger partial charge in [0.1, 0.15) is 0 Å². The first-order valence-corrected chi connectivity index (χ1v) is 7.86. The third-order valence-electron chi connectivity index (χ3n) is 3.88. The molecule has 4 nitrogen and oxygen atoms in total. The second-order valence-electron chi connectivity index (χ2n) is 5.74. The molecule has 1 aliphatic rings. The van der Waals surface area contributed by atoms with Crippen LogP contribution in [0.25, 0.3) is 0 Å². The van der Waals surface area contributed by atoms with Crippen LogP contribution >= 0.6 is 0 Å². The highest BCUT2D eigenvalue weighted by atomic mass is 19.1. The Hall–Kier alpha value is -1.62. The second-order valence-corrected chi connectivity index (χ2v) is 5.74. The van der Waals surface area contributed by atoms with Gasteiger partial charge >= 0.3 is 0 Å². The fraction of sp³-hybridized carbons (Fsp3) is 0.588. The molecule has 0 unspecified atom stereocenters. The summed E-state index contributed by atoms with van der Waals surface area (Å²) in [6, 6.07) is 6.34. The summed E-state index contributed by atoms with van der Waals surface area (Å²) in [5.41, 5.74) is 0. The lowest BCUT2D eigenvalue weighted by atomic mass is 9.98. The minimum atomic E-state index is -0.357. The van der Waals surface area contributed by atoms with Crippen LogP contribution in [0.2, 0.25) is 0 Å². The van der Waals surface area contributed by atoms with Gasteiger partial charge in [-0.3, -0.25) is 4.79 Å². The van der Waals surface area contributed by atoms with Gasteiger partial charge < -0.3 is 14.4 Å². The maximum absolute atomic E-state index is 13.4. The Bertz CT molecular complexity index is 475. The number of carbonyl (C=O) groups is 1. The van der Waals surface area contributed by atoms with Gasteiger partial charge in [-0.1, -0.05) is 12.1 Å². The summed E-state index contributed by atoms with van der Waals surface area (Å²) in [5, 5.41) is 0. The molecule has 0 radical (unpaired) electrons. The lowest BCUT2D eigenvalue weighted by Crippen LogP contribution is -2.32. The molecule has 0 bridgehead atoms. The lowest BCUT2D eigenvalue weighted by molar-refractivity contribution is -0.132. The van der Waals surface area contributed by atoms with Gasteiger partial charge in [0, 0.05) is 33.2 Å². The van der Waals surface area contributed by atoms with Crippen LogP contribution in [-0.4, -0.2) is 44.2 Å². The molecule has 22 heavy (non-hydrogen) atoms. The van der Waals surface area contributed by atoms with Gasteiger partial charge in [-0.25, -0.2) is 4.39 Å². The van der Waals surface area contributed by atoms with E-state index >= 15 is 0 Å². The molecule has 1 atom stereocenters. The highest BCUT2D eigenvalue weighted by Crippen LogP contribution is 2.18. The Morgan fingerprint density at radius 1 is 1.45 bits per heavy atom. The standard InChI is InChI=1S/C17H24FNO3/c1-19(17(20)12-14-6-4-10-21-13-14)9-5-11-22-16-8-3-2-7-15(16)18/h2-3,7-8,14H,4-6,9-13H2,1H3/t14-/m1/s1. The molecule has 1 heterocycles. The molecule has 5 heteroatoms. The number of hydrogen-bond donors (Lipinski definition) is 0. The van der Waals surface area contributed by atoms with Crippen LogP contribution < -0.4 is 4.74 Å². The molecule has 0 N–H and O–H groups in total. The predicted molar refractivity (Wildman–Crippen MR) is 82.3 cm³/mol. The van der Waals surface area contributed by atoms with Gasteiger partial charge in [-0.2, -0.15) is 0 Å². The maximum atomic E-state index is 13.4. The summed E-state index contributed by atoms with van der Waals surface area (Å²) in [5.74, 6) is 0.389. The lowest BCUT2D eigenvalue weighted by Gasteiger charge is -2.24. The number of amides is 1. The Morgan fingerprint density at radius 2 is 2.27 bits per heavy atom. The summed E-state index contributed by atoms with van der Waals surface area (Å²) >= 11 is 0. The van der Waals surface area contributed by atoms with Crippen molar-refractivity contribution in [2.75, 3.05) is 33.4 Å². The smallest absolute Gasteiger partial charge is 0.222 e. The molecular weight excluding hydrogens is 285 g/mol. The van der Waals surface area contributed by atoms with E-state index in [0.717, 1.165) is 19.4 Å². The average Bonchev–Trinajstić information content (AvgIpc) is 2.53. The highest BCUT2D eigenvalue weighted by molar-refractivity contribution is 5.76. The van der Waals surface area contributed by atoms with E-state index in [2.05, 4.69) is 0 Å². The molecule has 1 aliphatic heterocycles. The summed E-state index contributed by atoms with van der Waals surface area (Å²) < 4.78 is 24.1. The van der Waals surface area contributed by atoms with Crippen molar-refractivity contribution in [3.63, 3.8) is 0 Å². The fourth-order valence-corrected chi connectivity index (χ4v) is 2.54. The highest BCUT2D eigenvalue weighted by Gasteiger charge is 2.19. The van der Waals surface area contributed by atoms with E-state index in [1.165, 1.54) is 6.07 Å². The number of nitrogens with zero attached hydrogens (tertiary/aromatic N) is 1. The van der Waals surface area contributed by atoms with Crippen LogP contribution in [0.1, 0.15) is 25.7 Å². The second kappa shape index (κ2) is 8.73. The van der Waals surface area contributed by atoms with E-state index in [1.807, 2.05) is 0 Å². The molecule has 0 saturated carbocycles. The van der Waals surface area contributed by atoms with Crippen molar-refractivity contribution < 1.29 is 18.7 Å². The van der Waals surface area contributed by atoms with Crippen molar-refractivity contribution in [1.29, 1.82) is 0 Å². The van der Waals surface area contributed by atoms with Crippen LogP contribution in [0, 0.1) is 11.7 Å². The number of halogens is 1. The van der Waals surface area contributed by atoms with Crippen molar-refractivity contribution in [2.24, 2.45) is 5.92 Å². The minimum absolute atomic E-state index is 0.140. The SMILES string of the molecule is CN(CCCOc1ccccc1F)C(=O)C[C@H]1CCCOC1. The molecule has 0 aliphatic carbocycles. The van der Waals surface area contributed by atoms with Crippen molar-refractivity contribution >= 4 is 5.91 Å². The maximum Gasteiger partial charge on any atom is 0.222 e. The normalized spacial score (nSPS) is 18.0. The van der Waals surface area contributed by atoms with Gasteiger partial charge in [0.2, 0.25) is 5.91 Å². The Morgan fingerprint density at radius 3 is 3.00 bits per heavy atom. The molecule has 0 aromatic heterocycles. The zero-order chi connectivity index (χ0) is 15.8. The minimum Gasteiger partial charge on any atom is -0.490 e. The van der Waals surface area contributed by atoms with E-state index in [4.69, 9.17) is 9.47 Å². The fourth-order valence-electron chi connectivity index (χ4n) is 2.54. The third-order valence-corrected chi connectivity index (χ3v) is 3.88. The number of carbonyl (C=O) groups excluding carboxylic acids is 1. The molecule has 1 amide bonds. The van der Waals surface area contributed by atoms with Gasteiger partial charge in [-0.15, -0.1) is 0 Å². The summed E-state index contributed by atoms with van der Waals surface area (Å²) in [6.45, 7) is 2.51.